The first-order valence-corrected chi connectivity index (χ1v) is 13.4. The molecule has 10 heteroatoms. The van der Waals surface area contributed by atoms with Gasteiger partial charge in [-0.3, -0.25) is 13.9 Å². The second-order valence-corrected chi connectivity index (χ2v) is 9.94. The lowest BCUT2D eigenvalue weighted by Gasteiger charge is -2.31. The number of amides is 2. The Morgan fingerprint density at radius 3 is 2.31 bits per heavy atom. The predicted octanol–water partition coefficient (Wildman–Crippen LogP) is 2.80. The molecule has 192 valence electrons. The third kappa shape index (κ3) is 8.17. The van der Waals surface area contributed by atoms with Crippen LogP contribution in [0.2, 0.25) is 0 Å². The van der Waals surface area contributed by atoms with Gasteiger partial charge < -0.3 is 19.7 Å². The second kappa shape index (κ2) is 13.0. The van der Waals surface area contributed by atoms with Crippen molar-refractivity contribution in [3.05, 3.63) is 54.1 Å². The molecule has 2 amide bonds. The van der Waals surface area contributed by atoms with Crippen molar-refractivity contribution in [3.63, 3.8) is 0 Å². The van der Waals surface area contributed by atoms with Crippen LogP contribution in [0.15, 0.2) is 48.5 Å². The fraction of sp³-hybridized carbons (Fsp3) is 0.440. The molecule has 0 saturated heterocycles. The third-order valence-electron chi connectivity index (χ3n) is 5.32. The monoisotopic (exact) mass is 505 g/mol. The molecule has 0 aliphatic heterocycles. The maximum atomic E-state index is 13.5. The summed E-state index contributed by atoms with van der Waals surface area (Å²) in [6.45, 7) is 6.02. The third-order valence-corrected chi connectivity index (χ3v) is 6.46. The number of hydrogen-bond acceptors (Lipinski definition) is 6. The average molecular weight is 506 g/mol. The van der Waals surface area contributed by atoms with Gasteiger partial charge in [0.25, 0.3) is 0 Å². The zero-order valence-electron chi connectivity index (χ0n) is 21.0. The molecule has 2 aromatic rings. The smallest absolute Gasteiger partial charge is 0.244 e. The maximum absolute atomic E-state index is 13.5. The highest BCUT2D eigenvalue weighted by Crippen LogP contribution is 2.23. The molecule has 2 aromatic carbocycles. The molecule has 9 nitrogen and oxygen atoms in total. The van der Waals surface area contributed by atoms with Crippen molar-refractivity contribution in [2.75, 3.05) is 37.4 Å². The normalized spacial score (nSPS) is 11.9. The first-order valence-electron chi connectivity index (χ1n) is 11.5. The molecule has 0 bridgehead atoms. The van der Waals surface area contributed by atoms with Crippen molar-refractivity contribution < 1.29 is 27.5 Å². The Morgan fingerprint density at radius 2 is 1.74 bits per heavy atom. The van der Waals surface area contributed by atoms with Gasteiger partial charge in [-0.15, -0.1) is 0 Å². The van der Waals surface area contributed by atoms with Gasteiger partial charge in [0.1, 0.15) is 24.1 Å². The van der Waals surface area contributed by atoms with Crippen molar-refractivity contribution in [2.45, 2.75) is 39.8 Å². The van der Waals surface area contributed by atoms with E-state index in [-0.39, 0.29) is 12.5 Å². The number of benzene rings is 2. The Kier molecular flexibility index (Phi) is 10.4. The largest absolute Gasteiger partial charge is 0.497 e. The van der Waals surface area contributed by atoms with Crippen LogP contribution in [0.5, 0.6) is 11.5 Å². The molecule has 0 heterocycles. The summed E-state index contributed by atoms with van der Waals surface area (Å²) in [7, 11) is -2.25. The van der Waals surface area contributed by atoms with Gasteiger partial charge in [-0.05, 0) is 62.2 Å². The second-order valence-electron chi connectivity index (χ2n) is 8.04. The lowest BCUT2D eigenvalue weighted by Crippen LogP contribution is -2.51. The standard InChI is InChI=1S/C25H35N3O6S/c1-6-15-26-25(30)19(3)27(17-20-9-8-10-23(16-20)33-4)24(29)18-28(35(5,31)32)21-11-13-22(14-12-21)34-7-2/h8-14,16,19H,6-7,15,17-18H2,1-5H3,(H,26,30)/t19-/m0/s1. The number of hydrogen-bond donors (Lipinski definition) is 1. The minimum atomic E-state index is -3.79. The predicted molar refractivity (Wildman–Crippen MR) is 136 cm³/mol. The van der Waals surface area contributed by atoms with Crippen molar-refractivity contribution in [1.82, 2.24) is 10.2 Å². The van der Waals surface area contributed by atoms with Crippen molar-refractivity contribution in [2.24, 2.45) is 0 Å². The van der Waals surface area contributed by atoms with Crippen LogP contribution in [0.25, 0.3) is 0 Å². The molecule has 0 aromatic heterocycles. The van der Waals surface area contributed by atoms with Gasteiger partial charge >= 0.3 is 0 Å². The van der Waals surface area contributed by atoms with E-state index in [4.69, 9.17) is 9.47 Å². The van der Waals surface area contributed by atoms with Gasteiger partial charge in [0.15, 0.2) is 0 Å². The summed E-state index contributed by atoms with van der Waals surface area (Å²) in [6, 6.07) is 12.8. The van der Waals surface area contributed by atoms with Crippen LogP contribution in [0, 0.1) is 0 Å². The van der Waals surface area contributed by atoms with Gasteiger partial charge in [0.05, 0.1) is 25.7 Å². The molecule has 0 spiro atoms. The number of rotatable bonds is 13. The number of nitrogens with one attached hydrogen (secondary N) is 1. The van der Waals surface area contributed by atoms with Crippen molar-refractivity contribution in [3.8, 4) is 11.5 Å². The Morgan fingerprint density at radius 1 is 1.06 bits per heavy atom. The summed E-state index contributed by atoms with van der Waals surface area (Å²) in [5.41, 5.74) is 1.08. The van der Waals surface area contributed by atoms with Crippen molar-refractivity contribution >= 4 is 27.5 Å². The van der Waals surface area contributed by atoms with Crippen LogP contribution >= 0.6 is 0 Å². The highest BCUT2D eigenvalue weighted by atomic mass is 32.2. The van der Waals surface area contributed by atoms with Crippen LogP contribution < -0.4 is 19.1 Å². The minimum Gasteiger partial charge on any atom is -0.497 e. The molecular weight excluding hydrogens is 470 g/mol. The Balaban J connectivity index is 2.36. The number of sulfonamides is 1. The van der Waals surface area contributed by atoms with E-state index in [2.05, 4.69) is 5.32 Å². The number of ether oxygens (including phenoxy) is 2. The fourth-order valence-corrected chi connectivity index (χ4v) is 4.28. The number of carbonyl (C=O) groups is 2. The maximum Gasteiger partial charge on any atom is 0.244 e. The van der Waals surface area contributed by atoms with Gasteiger partial charge in [0, 0.05) is 13.1 Å². The van der Waals surface area contributed by atoms with E-state index in [9.17, 15) is 18.0 Å². The summed E-state index contributed by atoms with van der Waals surface area (Å²) in [5.74, 6) is 0.392. The number of carbonyl (C=O) groups excluding carboxylic acids is 2. The van der Waals surface area contributed by atoms with E-state index in [1.165, 1.54) is 4.90 Å². The van der Waals surface area contributed by atoms with E-state index < -0.39 is 28.5 Å². The highest BCUT2D eigenvalue weighted by Gasteiger charge is 2.30. The van der Waals surface area contributed by atoms with Gasteiger partial charge in [-0.25, -0.2) is 8.42 Å². The zero-order valence-corrected chi connectivity index (χ0v) is 21.8. The topological polar surface area (TPSA) is 105 Å². The summed E-state index contributed by atoms with van der Waals surface area (Å²) < 4.78 is 37.0. The summed E-state index contributed by atoms with van der Waals surface area (Å²) >= 11 is 0. The van der Waals surface area contributed by atoms with E-state index in [0.717, 1.165) is 22.5 Å². The van der Waals surface area contributed by atoms with E-state index in [0.29, 0.717) is 30.3 Å². The molecule has 0 unspecified atom stereocenters. The van der Waals surface area contributed by atoms with Gasteiger partial charge in [-0.1, -0.05) is 19.1 Å². The number of anilines is 1. The molecule has 0 fully saturated rings. The molecule has 1 atom stereocenters. The Labute approximate surface area is 208 Å². The van der Waals surface area contributed by atoms with Gasteiger partial charge in [-0.2, -0.15) is 0 Å². The van der Waals surface area contributed by atoms with Crippen LogP contribution in [-0.4, -0.2) is 64.2 Å². The Hall–Kier alpha value is -3.27. The summed E-state index contributed by atoms with van der Waals surface area (Å²) in [5, 5.41) is 2.81. The molecular formula is C25H35N3O6S. The minimum absolute atomic E-state index is 0.109. The fourth-order valence-electron chi connectivity index (χ4n) is 3.44. The molecule has 1 N–H and O–H groups in total. The lowest BCUT2D eigenvalue weighted by molar-refractivity contribution is -0.139. The quantitative estimate of drug-likeness (QED) is 0.449. The highest BCUT2D eigenvalue weighted by molar-refractivity contribution is 7.92. The van der Waals surface area contributed by atoms with E-state index in [1.807, 2.05) is 19.9 Å². The molecule has 0 aliphatic rings. The van der Waals surface area contributed by atoms with E-state index >= 15 is 0 Å². The van der Waals surface area contributed by atoms with E-state index in [1.54, 1.807) is 56.5 Å². The number of methoxy groups -OCH3 is 1. The molecule has 35 heavy (non-hydrogen) atoms. The van der Waals surface area contributed by atoms with Crippen molar-refractivity contribution in [1.29, 1.82) is 0 Å². The molecule has 0 radical (unpaired) electrons. The average Bonchev–Trinajstić information content (AvgIpc) is 2.84. The SMILES string of the molecule is CCCNC(=O)[C@H](C)N(Cc1cccc(OC)c1)C(=O)CN(c1ccc(OCC)cc1)S(C)(=O)=O. The molecule has 0 saturated carbocycles. The van der Waals surface area contributed by atoms with Crippen LogP contribution in [0.1, 0.15) is 32.8 Å². The Bertz CT molecular complexity index is 1090. The summed E-state index contributed by atoms with van der Waals surface area (Å²) in [6.07, 6.45) is 1.79. The van der Waals surface area contributed by atoms with Crippen LogP contribution in [0.4, 0.5) is 5.69 Å². The zero-order chi connectivity index (χ0) is 26.0. The first kappa shape index (κ1) is 28.0. The van der Waals surface area contributed by atoms with Crippen LogP contribution in [-0.2, 0) is 26.2 Å². The molecule has 2 rings (SSSR count). The summed E-state index contributed by atoms with van der Waals surface area (Å²) in [4.78, 5) is 27.6. The lowest BCUT2D eigenvalue weighted by atomic mass is 10.1. The molecule has 0 aliphatic carbocycles. The van der Waals surface area contributed by atoms with Gasteiger partial charge in [0.2, 0.25) is 21.8 Å². The number of nitrogens with zero attached hydrogens (tertiary/aromatic N) is 2. The van der Waals surface area contributed by atoms with Crippen LogP contribution in [0.3, 0.4) is 0 Å². The first-order chi connectivity index (χ1) is 16.6.